The molecule has 0 spiro atoms. The Hall–Kier alpha value is -0.330. The summed E-state index contributed by atoms with van der Waals surface area (Å²) in [5.74, 6) is 0.597. The maximum absolute atomic E-state index is 12.5. The van der Waals surface area contributed by atoms with E-state index < -0.39 is 17.8 Å². The zero-order chi connectivity index (χ0) is 12.5. The van der Waals surface area contributed by atoms with Gasteiger partial charge in [0.25, 0.3) is 0 Å². The van der Waals surface area contributed by atoms with E-state index >= 15 is 0 Å². The molecule has 1 atom stereocenters. The largest absolute Gasteiger partial charge is 0.406 e. The Bertz CT molecular complexity index is 262. The number of ether oxygens (including phenoxy) is 1. The molecule has 0 bridgehead atoms. The van der Waals surface area contributed by atoms with E-state index in [1.165, 1.54) is 0 Å². The van der Waals surface area contributed by atoms with E-state index in [1.54, 1.807) is 0 Å². The van der Waals surface area contributed by atoms with Crippen LogP contribution in [0, 0.1) is 5.92 Å². The number of nitrogens with one attached hydrogen (secondary N) is 1. The normalized spacial score (nSPS) is 24.7. The molecule has 2 saturated carbocycles. The van der Waals surface area contributed by atoms with Crippen LogP contribution in [0.4, 0.5) is 13.2 Å². The van der Waals surface area contributed by atoms with E-state index in [2.05, 4.69) is 5.32 Å². The topological polar surface area (TPSA) is 41.5 Å². The second-order valence-corrected chi connectivity index (χ2v) is 5.10. The van der Waals surface area contributed by atoms with Gasteiger partial charge in [0.15, 0.2) is 0 Å². The summed E-state index contributed by atoms with van der Waals surface area (Å²) in [4.78, 5) is 0. The lowest BCUT2D eigenvalue weighted by molar-refractivity contribution is -0.167. The molecule has 0 aliphatic heterocycles. The van der Waals surface area contributed by atoms with Crippen LogP contribution in [0.3, 0.4) is 0 Å². The molecule has 2 aliphatic rings. The zero-order valence-corrected chi connectivity index (χ0v) is 9.59. The van der Waals surface area contributed by atoms with Crippen LogP contribution in [0.15, 0.2) is 0 Å². The minimum absolute atomic E-state index is 0.0653. The second kappa shape index (κ2) is 4.74. The van der Waals surface area contributed by atoms with Gasteiger partial charge in [-0.25, -0.2) is 0 Å². The highest BCUT2D eigenvalue weighted by atomic mass is 19.4. The highest BCUT2D eigenvalue weighted by molar-refractivity contribution is 5.08. The standard InChI is InChI=1S/C11H18F3NO2/c12-11(13,14)10(3-4-10)15-5-9(16)7-17-6-8-1-2-8/h8-9,15-16H,1-7H2. The molecule has 2 aliphatic carbocycles. The molecule has 3 nitrogen and oxygen atoms in total. The Morgan fingerprint density at radius 3 is 2.47 bits per heavy atom. The third-order valence-electron chi connectivity index (χ3n) is 3.33. The molecule has 1 unspecified atom stereocenters. The number of hydrogen-bond donors (Lipinski definition) is 2. The molecular formula is C11H18F3NO2. The van der Waals surface area contributed by atoms with Crippen molar-refractivity contribution in [3.63, 3.8) is 0 Å². The van der Waals surface area contributed by atoms with Crippen molar-refractivity contribution in [2.24, 2.45) is 5.92 Å². The highest BCUT2D eigenvalue weighted by Crippen LogP contribution is 2.48. The third kappa shape index (κ3) is 3.56. The van der Waals surface area contributed by atoms with E-state index in [0.717, 1.165) is 12.8 Å². The van der Waals surface area contributed by atoms with Crippen LogP contribution in [0.1, 0.15) is 25.7 Å². The van der Waals surface area contributed by atoms with Crippen LogP contribution in [0.2, 0.25) is 0 Å². The van der Waals surface area contributed by atoms with Crippen LogP contribution < -0.4 is 5.32 Å². The second-order valence-electron chi connectivity index (χ2n) is 5.10. The van der Waals surface area contributed by atoms with Crippen molar-refractivity contribution in [3.8, 4) is 0 Å². The number of aliphatic hydroxyl groups excluding tert-OH is 1. The van der Waals surface area contributed by atoms with Gasteiger partial charge in [-0.05, 0) is 31.6 Å². The van der Waals surface area contributed by atoms with Gasteiger partial charge in [0.05, 0.1) is 12.7 Å². The van der Waals surface area contributed by atoms with Crippen molar-refractivity contribution in [1.82, 2.24) is 5.32 Å². The van der Waals surface area contributed by atoms with Crippen LogP contribution in [-0.4, -0.2) is 42.7 Å². The Balaban J connectivity index is 1.60. The number of β-amino-alcohol motifs (C(OH)–C–C–N with tert-alkyl or cyclic N) is 1. The molecule has 6 heteroatoms. The number of aliphatic hydroxyl groups is 1. The summed E-state index contributed by atoms with van der Waals surface area (Å²) in [6, 6.07) is 0. The summed E-state index contributed by atoms with van der Waals surface area (Å²) >= 11 is 0. The van der Waals surface area contributed by atoms with Gasteiger partial charge < -0.3 is 15.2 Å². The van der Waals surface area contributed by atoms with E-state index in [-0.39, 0.29) is 26.0 Å². The van der Waals surface area contributed by atoms with Gasteiger partial charge in [-0.1, -0.05) is 0 Å². The van der Waals surface area contributed by atoms with E-state index in [9.17, 15) is 18.3 Å². The predicted molar refractivity (Wildman–Crippen MR) is 55.6 cm³/mol. The van der Waals surface area contributed by atoms with Gasteiger partial charge in [0.2, 0.25) is 0 Å². The summed E-state index contributed by atoms with van der Waals surface area (Å²) in [7, 11) is 0. The lowest BCUT2D eigenvalue weighted by Crippen LogP contribution is -2.48. The average Bonchev–Trinajstić information content (AvgIpc) is 3.09. The lowest BCUT2D eigenvalue weighted by Gasteiger charge is -2.22. The molecule has 2 rings (SSSR count). The average molecular weight is 253 g/mol. The van der Waals surface area contributed by atoms with Gasteiger partial charge in [-0.3, -0.25) is 0 Å². The van der Waals surface area contributed by atoms with Crippen LogP contribution in [0.5, 0.6) is 0 Å². The fraction of sp³-hybridized carbons (Fsp3) is 1.00. The first-order valence-corrected chi connectivity index (χ1v) is 6.00. The fourth-order valence-corrected chi connectivity index (χ4v) is 1.71. The number of hydrogen-bond acceptors (Lipinski definition) is 3. The molecule has 0 amide bonds. The van der Waals surface area contributed by atoms with E-state index in [1.807, 2.05) is 0 Å². The fourth-order valence-electron chi connectivity index (χ4n) is 1.71. The van der Waals surface area contributed by atoms with E-state index in [4.69, 9.17) is 4.74 Å². The Morgan fingerprint density at radius 1 is 1.35 bits per heavy atom. The molecule has 2 fully saturated rings. The smallest absolute Gasteiger partial charge is 0.389 e. The molecule has 0 radical (unpaired) electrons. The van der Waals surface area contributed by atoms with Crippen molar-refractivity contribution in [1.29, 1.82) is 0 Å². The lowest BCUT2D eigenvalue weighted by atomic mass is 10.2. The Morgan fingerprint density at radius 2 is 2.00 bits per heavy atom. The van der Waals surface area contributed by atoms with E-state index in [0.29, 0.717) is 12.5 Å². The van der Waals surface area contributed by atoms with Gasteiger partial charge >= 0.3 is 6.18 Å². The molecule has 2 N–H and O–H groups in total. The molecule has 0 heterocycles. The Kier molecular flexibility index (Phi) is 3.66. The predicted octanol–water partition coefficient (Wildman–Crippen LogP) is 1.46. The minimum Gasteiger partial charge on any atom is -0.389 e. The highest BCUT2D eigenvalue weighted by Gasteiger charge is 2.63. The van der Waals surface area contributed by atoms with Crippen LogP contribution in [-0.2, 0) is 4.74 Å². The molecule has 100 valence electrons. The first-order chi connectivity index (χ1) is 7.93. The SMILES string of the molecule is OC(CNC1(C(F)(F)F)CC1)COCC1CC1. The summed E-state index contributed by atoms with van der Waals surface area (Å²) in [6.45, 7) is 0.656. The summed E-state index contributed by atoms with van der Waals surface area (Å²) < 4.78 is 42.8. The number of rotatable bonds is 7. The van der Waals surface area contributed by atoms with Crippen molar-refractivity contribution in [2.75, 3.05) is 19.8 Å². The van der Waals surface area contributed by atoms with Crippen molar-refractivity contribution >= 4 is 0 Å². The van der Waals surface area contributed by atoms with Crippen LogP contribution >= 0.6 is 0 Å². The molecule has 0 aromatic heterocycles. The molecule has 0 aromatic carbocycles. The maximum Gasteiger partial charge on any atom is 0.406 e. The molecule has 0 aromatic rings. The van der Waals surface area contributed by atoms with Crippen LogP contribution in [0.25, 0.3) is 0 Å². The first kappa shape index (κ1) is 13.1. The first-order valence-electron chi connectivity index (χ1n) is 6.00. The van der Waals surface area contributed by atoms with Gasteiger partial charge in [-0.15, -0.1) is 0 Å². The molecular weight excluding hydrogens is 235 g/mol. The quantitative estimate of drug-likeness (QED) is 0.721. The monoisotopic (exact) mass is 253 g/mol. The van der Waals surface area contributed by atoms with Crippen molar-refractivity contribution in [3.05, 3.63) is 0 Å². The van der Waals surface area contributed by atoms with Gasteiger partial charge in [0, 0.05) is 13.2 Å². The van der Waals surface area contributed by atoms with Gasteiger partial charge in [0.1, 0.15) is 5.54 Å². The minimum atomic E-state index is -4.22. The zero-order valence-electron chi connectivity index (χ0n) is 9.59. The van der Waals surface area contributed by atoms with Crippen molar-refractivity contribution in [2.45, 2.75) is 43.5 Å². The van der Waals surface area contributed by atoms with Gasteiger partial charge in [-0.2, -0.15) is 13.2 Å². The summed E-state index contributed by atoms with van der Waals surface area (Å²) in [5, 5.41) is 11.9. The number of alkyl halides is 3. The Labute approximate surface area is 98.3 Å². The molecule has 17 heavy (non-hydrogen) atoms. The summed E-state index contributed by atoms with van der Waals surface area (Å²) in [6.07, 6.45) is -2.56. The third-order valence-corrected chi connectivity index (χ3v) is 3.33. The maximum atomic E-state index is 12.5. The number of halogens is 3. The van der Waals surface area contributed by atoms with Crippen molar-refractivity contribution < 1.29 is 23.0 Å². The molecule has 0 saturated heterocycles. The summed E-state index contributed by atoms with van der Waals surface area (Å²) in [5.41, 5.74) is -1.75.